The van der Waals surface area contributed by atoms with E-state index in [4.69, 9.17) is 0 Å². The van der Waals surface area contributed by atoms with Crippen LogP contribution in [0.15, 0.2) is 4.79 Å². The summed E-state index contributed by atoms with van der Waals surface area (Å²) in [4.78, 5) is 21.8. The van der Waals surface area contributed by atoms with Crippen molar-refractivity contribution in [1.29, 1.82) is 0 Å². The molecule has 1 N–H and O–H groups in total. The second-order valence-corrected chi connectivity index (χ2v) is 5.03. The molecule has 18 heavy (non-hydrogen) atoms. The number of aryl methyl sites for hydroxylation is 1. The van der Waals surface area contributed by atoms with E-state index in [1.54, 1.807) is 11.6 Å². The van der Waals surface area contributed by atoms with E-state index in [2.05, 4.69) is 15.3 Å². The maximum absolute atomic E-state index is 12.0. The summed E-state index contributed by atoms with van der Waals surface area (Å²) in [5.74, 6) is -0.709. The van der Waals surface area contributed by atoms with Crippen molar-refractivity contribution in [2.45, 2.75) is 33.2 Å². The Bertz CT molecular complexity index is 692. The fraction of sp³-hybridized carbons (Fsp3) is 0.500. The molecule has 0 amide bonds. The summed E-state index contributed by atoms with van der Waals surface area (Å²) < 4.78 is 1.61. The lowest BCUT2D eigenvalue weighted by Gasteiger charge is -2.19. The lowest BCUT2D eigenvalue weighted by molar-refractivity contribution is -0.391. The van der Waals surface area contributed by atoms with Crippen LogP contribution in [0.4, 0.5) is 5.82 Å². The van der Waals surface area contributed by atoms with Crippen LogP contribution in [0.3, 0.4) is 0 Å². The number of nitrogens with one attached hydrogen (secondary N) is 1. The highest BCUT2D eigenvalue weighted by atomic mass is 16.6. The van der Waals surface area contributed by atoms with Gasteiger partial charge in [0.2, 0.25) is 0 Å². The Morgan fingerprint density at radius 3 is 2.50 bits per heavy atom. The molecule has 0 aliphatic rings. The second-order valence-electron chi connectivity index (χ2n) is 5.03. The van der Waals surface area contributed by atoms with Crippen LogP contribution in [0.2, 0.25) is 0 Å². The van der Waals surface area contributed by atoms with E-state index < -0.39 is 16.2 Å². The quantitative estimate of drug-likeness (QED) is 0.603. The number of fused-ring (bicyclic) bond motifs is 1. The fourth-order valence-electron chi connectivity index (χ4n) is 1.78. The minimum Gasteiger partial charge on any atom is -0.358 e. The van der Waals surface area contributed by atoms with Gasteiger partial charge < -0.3 is 10.1 Å². The summed E-state index contributed by atoms with van der Waals surface area (Å²) in [6.45, 7) is 7.39. The predicted octanol–water partition coefficient (Wildman–Crippen LogP) is 1.09. The first-order valence-electron chi connectivity index (χ1n) is 5.36. The molecule has 0 fully saturated rings. The molecular weight excluding hydrogens is 238 g/mol. The molecule has 2 aromatic heterocycles. The van der Waals surface area contributed by atoms with Gasteiger partial charge in [-0.3, -0.25) is 4.79 Å². The van der Waals surface area contributed by atoms with E-state index >= 15 is 0 Å². The van der Waals surface area contributed by atoms with Crippen LogP contribution in [-0.2, 0) is 5.54 Å². The van der Waals surface area contributed by atoms with Crippen molar-refractivity contribution in [1.82, 2.24) is 20.0 Å². The van der Waals surface area contributed by atoms with Gasteiger partial charge in [0.05, 0.1) is 21.7 Å². The van der Waals surface area contributed by atoms with E-state index in [0.29, 0.717) is 11.3 Å². The number of rotatable bonds is 1. The highest BCUT2D eigenvalue weighted by Gasteiger charge is 2.26. The minimum absolute atomic E-state index is 0.214. The third-order valence-corrected chi connectivity index (χ3v) is 2.57. The molecule has 0 aliphatic heterocycles. The summed E-state index contributed by atoms with van der Waals surface area (Å²) in [7, 11) is 0. The molecule has 96 valence electrons. The van der Waals surface area contributed by atoms with Gasteiger partial charge in [0.1, 0.15) is 0 Å². The van der Waals surface area contributed by atoms with Gasteiger partial charge in [-0.05, 0) is 32.6 Å². The third-order valence-electron chi connectivity index (χ3n) is 2.57. The molecule has 2 aromatic rings. The third kappa shape index (κ3) is 1.66. The molecule has 2 heterocycles. The summed E-state index contributed by atoms with van der Waals surface area (Å²) in [5.41, 5.74) is -0.211. The molecule has 0 saturated heterocycles. The van der Waals surface area contributed by atoms with Crippen LogP contribution < -0.4 is 5.43 Å². The van der Waals surface area contributed by atoms with E-state index in [1.165, 1.54) is 0 Å². The van der Waals surface area contributed by atoms with Crippen LogP contribution in [0.25, 0.3) is 11.0 Å². The molecule has 0 bridgehead atoms. The molecule has 0 saturated carbocycles. The Kier molecular flexibility index (Phi) is 2.46. The second kappa shape index (κ2) is 3.62. The molecular formula is C10H13N5O3. The molecule has 0 aliphatic carbocycles. The van der Waals surface area contributed by atoms with Crippen molar-refractivity contribution >= 4 is 16.9 Å². The SMILES string of the molecule is Cc1nn(C(C)(C)C)c2[nH]nc([N+](=O)[O-])c(=O)c12. The molecule has 8 heteroatoms. The number of H-pyrrole nitrogens is 1. The predicted molar refractivity (Wildman–Crippen MR) is 64.5 cm³/mol. The van der Waals surface area contributed by atoms with Gasteiger partial charge in [-0.1, -0.05) is 0 Å². The van der Waals surface area contributed by atoms with Gasteiger partial charge in [-0.2, -0.15) is 10.2 Å². The fourth-order valence-corrected chi connectivity index (χ4v) is 1.78. The van der Waals surface area contributed by atoms with Crippen molar-refractivity contribution < 1.29 is 4.92 Å². The Morgan fingerprint density at radius 2 is 2.00 bits per heavy atom. The number of aromatic nitrogens is 4. The van der Waals surface area contributed by atoms with Gasteiger partial charge in [-0.15, -0.1) is 0 Å². The molecule has 0 aromatic carbocycles. The van der Waals surface area contributed by atoms with Gasteiger partial charge >= 0.3 is 5.82 Å². The lowest BCUT2D eigenvalue weighted by Crippen LogP contribution is -2.24. The van der Waals surface area contributed by atoms with Crippen molar-refractivity contribution in [3.63, 3.8) is 0 Å². The maximum Gasteiger partial charge on any atom is 0.436 e. The van der Waals surface area contributed by atoms with E-state index in [-0.39, 0.29) is 10.9 Å². The molecule has 0 atom stereocenters. The summed E-state index contributed by atoms with van der Waals surface area (Å²) in [5, 5.41) is 21.2. The standard InChI is InChI=1S/C10H13N5O3/c1-5-6-7(16)9(15(17)18)12-11-8(6)14(13-5)10(2,3)4/h1-4H3,(H,11,16). The van der Waals surface area contributed by atoms with E-state index in [1.807, 2.05) is 20.8 Å². The number of nitro groups is 1. The summed E-state index contributed by atoms with van der Waals surface area (Å²) in [6, 6.07) is 0. The Hall–Kier alpha value is -2.25. The molecule has 0 unspecified atom stereocenters. The number of hydrogen-bond donors (Lipinski definition) is 1. The van der Waals surface area contributed by atoms with Crippen molar-refractivity contribution in [2.24, 2.45) is 0 Å². The first-order chi connectivity index (χ1) is 8.23. The molecule has 0 radical (unpaired) electrons. The average molecular weight is 251 g/mol. The monoisotopic (exact) mass is 251 g/mol. The topological polar surface area (TPSA) is 107 Å². The van der Waals surface area contributed by atoms with Gasteiger partial charge in [0.15, 0.2) is 5.65 Å². The van der Waals surface area contributed by atoms with Gasteiger partial charge in [-0.25, -0.2) is 4.68 Å². The largest absolute Gasteiger partial charge is 0.436 e. The number of aromatic amines is 1. The van der Waals surface area contributed by atoms with Crippen LogP contribution in [0.1, 0.15) is 26.5 Å². The summed E-state index contributed by atoms with van der Waals surface area (Å²) in [6.07, 6.45) is 0. The highest BCUT2D eigenvalue weighted by molar-refractivity contribution is 5.79. The summed E-state index contributed by atoms with van der Waals surface area (Å²) >= 11 is 0. The minimum atomic E-state index is -0.799. The average Bonchev–Trinajstić information content (AvgIpc) is 2.56. The number of hydrogen-bond acceptors (Lipinski definition) is 5. The zero-order valence-corrected chi connectivity index (χ0v) is 10.5. The Balaban J connectivity index is 2.90. The maximum atomic E-state index is 12.0. The highest BCUT2D eigenvalue weighted by Crippen LogP contribution is 2.21. The number of nitrogens with zero attached hydrogens (tertiary/aromatic N) is 4. The van der Waals surface area contributed by atoms with Crippen LogP contribution in [0, 0.1) is 17.0 Å². The van der Waals surface area contributed by atoms with E-state index in [0.717, 1.165) is 0 Å². The lowest BCUT2D eigenvalue weighted by atomic mass is 10.1. The Morgan fingerprint density at radius 1 is 1.39 bits per heavy atom. The van der Waals surface area contributed by atoms with Crippen molar-refractivity contribution in [2.75, 3.05) is 0 Å². The first-order valence-corrected chi connectivity index (χ1v) is 5.36. The zero-order valence-electron chi connectivity index (χ0n) is 10.5. The molecule has 8 nitrogen and oxygen atoms in total. The van der Waals surface area contributed by atoms with Crippen LogP contribution >= 0.6 is 0 Å². The van der Waals surface area contributed by atoms with Gasteiger partial charge in [0, 0.05) is 0 Å². The first kappa shape index (κ1) is 12.2. The molecule has 2 rings (SSSR count). The Labute approximate surface area is 102 Å². The van der Waals surface area contributed by atoms with Gasteiger partial charge in [0.25, 0.3) is 5.43 Å². The smallest absolute Gasteiger partial charge is 0.358 e. The normalized spacial score (nSPS) is 12.0. The van der Waals surface area contributed by atoms with Crippen LogP contribution in [-0.4, -0.2) is 24.9 Å². The zero-order chi connectivity index (χ0) is 13.7. The van der Waals surface area contributed by atoms with Crippen molar-refractivity contribution in [3.05, 3.63) is 26.0 Å². The van der Waals surface area contributed by atoms with E-state index in [9.17, 15) is 14.9 Å². The molecule has 0 spiro atoms. The van der Waals surface area contributed by atoms with Crippen LogP contribution in [0.5, 0.6) is 0 Å². The van der Waals surface area contributed by atoms with Crippen molar-refractivity contribution in [3.8, 4) is 0 Å².